The van der Waals surface area contributed by atoms with Crippen LogP contribution in [0.2, 0.25) is 0 Å². The second-order valence-corrected chi connectivity index (χ2v) is 7.91. The zero-order valence-electron chi connectivity index (χ0n) is 19.2. The third-order valence-electron chi connectivity index (χ3n) is 5.10. The van der Waals surface area contributed by atoms with Crippen LogP contribution < -0.4 is 10.4 Å². The zero-order chi connectivity index (χ0) is 25.1. The number of hydrazine groups is 1. The number of methoxy groups -OCH3 is 1. The molecule has 1 aliphatic heterocycles. The van der Waals surface area contributed by atoms with Gasteiger partial charge in [0.05, 0.1) is 30.0 Å². The monoisotopic (exact) mass is 474 g/mol. The first kappa shape index (κ1) is 23.5. The Hall–Kier alpha value is -4.66. The Kier molecular flexibility index (Phi) is 6.50. The van der Waals surface area contributed by atoms with E-state index >= 15 is 0 Å². The number of nitrogens with one attached hydrogen (secondary N) is 1. The van der Waals surface area contributed by atoms with Crippen LogP contribution in [0.1, 0.15) is 40.3 Å². The van der Waals surface area contributed by atoms with Crippen molar-refractivity contribution in [2.75, 3.05) is 12.1 Å². The van der Waals surface area contributed by atoms with Crippen LogP contribution in [0.15, 0.2) is 70.7 Å². The largest absolute Gasteiger partial charge is 0.465 e. The fourth-order valence-corrected chi connectivity index (χ4v) is 3.38. The Labute approximate surface area is 200 Å². The minimum absolute atomic E-state index is 0.102. The molecule has 4 rings (SSSR count). The zero-order valence-corrected chi connectivity index (χ0v) is 19.2. The first-order valence-electron chi connectivity index (χ1n) is 10.7. The predicted octanol–water partition coefficient (Wildman–Crippen LogP) is 3.76. The van der Waals surface area contributed by atoms with Crippen LogP contribution >= 0.6 is 0 Å². The molecular formula is C26H22N2O7. The highest BCUT2D eigenvalue weighted by Crippen LogP contribution is 2.26. The molecule has 0 radical (unpaired) electrons. The molecule has 0 aliphatic carbocycles. The molecule has 35 heavy (non-hydrogen) atoms. The standard InChI is InChI=1S/C26H22N2O7/c1-15(2)34-26(32)18-6-4-16(5-7-18)22-13-12-20(35-22)14-21-23(29)27-28(24(21)30)19-10-8-17(9-11-19)25(31)33-3/h4-15H,1-3H3,(H,27,29). The van der Waals surface area contributed by atoms with Gasteiger partial charge in [-0.2, -0.15) is 0 Å². The van der Waals surface area contributed by atoms with Gasteiger partial charge in [-0.25, -0.2) is 14.6 Å². The number of ether oxygens (including phenoxy) is 2. The Morgan fingerprint density at radius 1 is 0.914 bits per heavy atom. The van der Waals surface area contributed by atoms with Crippen LogP contribution in [-0.4, -0.2) is 37.0 Å². The SMILES string of the molecule is COC(=O)c1ccc(N2NC(=O)C(=Cc3ccc(-c4ccc(C(=O)OC(C)C)cc4)o3)C2=O)cc1. The molecule has 2 amide bonds. The second kappa shape index (κ2) is 9.68. The van der Waals surface area contributed by atoms with Crippen molar-refractivity contribution in [3.05, 3.63) is 83.1 Å². The van der Waals surface area contributed by atoms with E-state index in [1.165, 1.54) is 37.5 Å². The maximum Gasteiger partial charge on any atom is 0.338 e. The molecule has 2 heterocycles. The van der Waals surface area contributed by atoms with Gasteiger partial charge in [0.15, 0.2) is 0 Å². The van der Waals surface area contributed by atoms with E-state index < -0.39 is 23.8 Å². The van der Waals surface area contributed by atoms with Crippen LogP contribution in [0.4, 0.5) is 5.69 Å². The van der Waals surface area contributed by atoms with Crippen molar-refractivity contribution >= 4 is 35.5 Å². The number of anilines is 1. The Morgan fingerprint density at radius 2 is 1.54 bits per heavy atom. The second-order valence-electron chi connectivity index (χ2n) is 7.91. The number of carbonyl (C=O) groups excluding carboxylic acids is 4. The van der Waals surface area contributed by atoms with Gasteiger partial charge >= 0.3 is 11.9 Å². The molecule has 1 N–H and O–H groups in total. The molecule has 9 heteroatoms. The summed E-state index contributed by atoms with van der Waals surface area (Å²) in [6.07, 6.45) is 1.15. The lowest BCUT2D eigenvalue weighted by Gasteiger charge is -2.14. The fourth-order valence-electron chi connectivity index (χ4n) is 3.38. The van der Waals surface area contributed by atoms with Crippen molar-refractivity contribution in [2.45, 2.75) is 20.0 Å². The van der Waals surface area contributed by atoms with Gasteiger partial charge < -0.3 is 13.9 Å². The van der Waals surface area contributed by atoms with Crippen LogP contribution in [0.3, 0.4) is 0 Å². The number of hydrogen-bond donors (Lipinski definition) is 1. The summed E-state index contributed by atoms with van der Waals surface area (Å²) in [4.78, 5) is 48.9. The lowest BCUT2D eigenvalue weighted by Crippen LogP contribution is -2.35. The van der Waals surface area contributed by atoms with Gasteiger partial charge in [-0.1, -0.05) is 12.1 Å². The van der Waals surface area contributed by atoms with Gasteiger partial charge in [0, 0.05) is 5.56 Å². The van der Waals surface area contributed by atoms with E-state index in [4.69, 9.17) is 9.15 Å². The van der Waals surface area contributed by atoms with Gasteiger partial charge in [-0.15, -0.1) is 0 Å². The van der Waals surface area contributed by atoms with Gasteiger partial charge in [0.1, 0.15) is 17.1 Å². The molecule has 178 valence electrons. The number of rotatable bonds is 6. The lowest BCUT2D eigenvalue weighted by molar-refractivity contribution is -0.117. The first-order valence-corrected chi connectivity index (χ1v) is 10.7. The third kappa shape index (κ3) is 4.98. The number of benzene rings is 2. The molecular weight excluding hydrogens is 452 g/mol. The number of nitrogens with zero attached hydrogens (tertiary/aromatic N) is 1. The van der Waals surface area contributed by atoms with E-state index in [2.05, 4.69) is 10.2 Å². The van der Waals surface area contributed by atoms with Gasteiger partial charge in [-0.05, 0) is 68.5 Å². The molecule has 0 atom stereocenters. The van der Waals surface area contributed by atoms with E-state index in [-0.39, 0.29) is 11.7 Å². The number of esters is 2. The lowest BCUT2D eigenvalue weighted by atomic mass is 10.1. The summed E-state index contributed by atoms with van der Waals surface area (Å²) in [6, 6.07) is 16.1. The van der Waals surface area contributed by atoms with Crippen LogP contribution in [-0.2, 0) is 19.1 Å². The quantitative estimate of drug-likeness (QED) is 0.329. The number of carbonyl (C=O) groups is 4. The number of hydrogen-bond acceptors (Lipinski definition) is 7. The van der Waals surface area contributed by atoms with Gasteiger partial charge in [0.2, 0.25) is 0 Å². The summed E-state index contributed by atoms with van der Waals surface area (Å²) in [5.74, 6) is -1.25. The van der Waals surface area contributed by atoms with Crippen molar-refractivity contribution in [1.29, 1.82) is 0 Å². The summed E-state index contributed by atoms with van der Waals surface area (Å²) in [5.41, 5.74) is 4.23. The third-order valence-corrected chi connectivity index (χ3v) is 5.10. The van der Waals surface area contributed by atoms with Crippen molar-refractivity contribution in [3.8, 4) is 11.3 Å². The molecule has 1 aliphatic rings. The summed E-state index contributed by atoms with van der Waals surface area (Å²) in [6.45, 7) is 3.56. The molecule has 0 bridgehead atoms. The Morgan fingerprint density at radius 3 is 2.17 bits per heavy atom. The Balaban J connectivity index is 1.50. The van der Waals surface area contributed by atoms with Crippen molar-refractivity contribution in [1.82, 2.24) is 5.43 Å². The van der Waals surface area contributed by atoms with Crippen molar-refractivity contribution in [3.63, 3.8) is 0 Å². The molecule has 0 unspecified atom stereocenters. The summed E-state index contributed by atoms with van der Waals surface area (Å²) in [7, 11) is 1.27. The molecule has 3 aromatic rings. The summed E-state index contributed by atoms with van der Waals surface area (Å²) < 4.78 is 15.6. The molecule has 0 saturated carbocycles. The molecule has 0 spiro atoms. The average molecular weight is 474 g/mol. The number of amides is 2. The maximum absolute atomic E-state index is 12.8. The van der Waals surface area contributed by atoms with E-state index in [0.29, 0.717) is 33.9 Å². The first-order chi connectivity index (χ1) is 16.8. The summed E-state index contributed by atoms with van der Waals surface area (Å²) in [5, 5.41) is 1.09. The van der Waals surface area contributed by atoms with E-state index in [1.807, 2.05) is 0 Å². The van der Waals surface area contributed by atoms with Crippen molar-refractivity contribution < 1.29 is 33.1 Å². The fraction of sp³-hybridized carbons (Fsp3) is 0.154. The average Bonchev–Trinajstić information content (AvgIpc) is 3.43. The maximum atomic E-state index is 12.8. The minimum Gasteiger partial charge on any atom is -0.465 e. The number of furan rings is 1. The molecule has 9 nitrogen and oxygen atoms in total. The highest BCUT2D eigenvalue weighted by molar-refractivity contribution is 6.31. The van der Waals surface area contributed by atoms with Crippen LogP contribution in [0, 0.1) is 0 Å². The summed E-state index contributed by atoms with van der Waals surface area (Å²) >= 11 is 0. The highest BCUT2D eigenvalue weighted by Gasteiger charge is 2.34. The van der Waals surface area contributed by atoms with E-state index in [1.54, 1.807) is 50.2 Å². The smallest absolute Gasteiger partial charge is 0.338 e. The van der Waals surface area contributed by atoms with Gasteiger partial charge in [0.25, 0.3) is 11.8 Å². The van der Waals surface area contributed by atoms with Crippen LogP contribution in [0.25, 0.3) is 17.4 Å². The predicted molar refractivity (Wildman–Crippen MR) is 126 cm³/mol. The van der Waals surface area contributed by atoms with E-state index in [9.17, 15) is 19.2 Å². The van der Waals surface area contributed by atoms with Crippen molar-refractivity contribution in [2.24, 2.45) is 0 Å². The minimum atomic E-state index is -0.585. The topological polar surface area (TPSA) is 115 Å². The Bertz CT molecular complexity index is 1320. The van der Waals surface area contributed by atoms with Gasteiger partial charge in [-0.3, -0.25) is 15.0 Å². The van der Waals surface area contributed by atoms with E-state index in [0.717, 1.165) is 5.01 Å². The molecule has 1 saturated heterocycles. The molecule has 2 aromatic carbocycles. The van der Waals surface area contributed by atoms with Crippen LogP contribution in [0.5, 0.6) is 0 Å². The molecule has 1 fully saturated rings. The highest BCUT2D eigenvalue weighted by atomic mass is 16.5. The normalized spacial score (nSPS) is 14.4. The molecule has 1 aromatic heterocycles.